The maximum atomic E-state index is 13.8. The molecule has 2 unspecified atom stereocenters. The Morgan fingerprint density at radius 1 is 1.22 bits per heavy atom. The van der Waals surface area contributed by atoms with E-state index in [0.717, 1.165) is 5.69 Å². The minimum atomic E-state index is -0.463. The van der Waals surface area contributed by atoms with Crippen LogP contribution in [0.4, 0.5) is 4.39 Å². The van der Waals surface area contributed by atoms with E-state index in [-0.39, 0.29) is 11.7 Å². The molecule has 2 atom stereocenters. The number of halogens is 3. The highest BCUT2D eigenvalue weighted by Gasteiger charge is 2.24. The van der Waals surface area contributed by atoms with Crippen molar-refractivity contribution in [3.05, 3.63) is 64.1 Å². The molecule has 0 saturated heterocycles. The van der Waals surface area contributed by atoms with Crippen LogP contribution in [0.15, 0.2) is 47.1 Å². The van der Waals surface area contributed by atoms with Crippen molar-refractivity contribution >= 4 is 27.5 Å². The first-order valence-corrected chi connectivity index (χ1v) is 6.83. The summed E-state index contributed by atoms with van der Waals surface area (Å²) in [6.07, 6.45) is 1.71. The fraction of sp³-hybridized carbons (Fsp3) is 0.214. The lowest BCUT2D eigenvalue weighted by Gasteiger charge is -2.19. The molecule has 4 heteroatoms. The van der Waals surface area contributed by atoms with Gasteiger partial charge in [0, 0.05) is 27.8 Å². The molecule has 0 saturated carbocycles. The fourth-order valence-electron chi connectivity index (χ4n) is 1.82. The zero-order chi connectivity index (χ0) is 13.1. The third-order valence-corrected chi connectivity index (χ3v) is 4.16. The summed E-state index contributed by atoms with van der Waals surface area (Å²) in [6, 6.07) is 10.5. The second-order valence-electron chi connectivity index (χ2n) is 4.08. The van der Waals surface area contributed by atoms with Crippen molar-refractivity contribution in [1.29, 1.82) is 0 Å². The van der Waals surface area contributed by atoms with Gasteiger partial charge in [-0.25, -0.2) is 4.39 Å². The average Bonchev–Trinajstić information content (AvgIpc) is 2.38. The van der Waals surface area contributed by atoms with Crippen molar-refractivity contribution in [2.24, 2.45) is 0 Å². The van der Waals surface area contributed by atoms with Gasteiger partial charge in [-0.1, -0.05) is 35.0 Å². The van der Waals surface area contributed by atoms with Crippen LogP contribution < -0.4 is 0 Å². The largest absolute Gasteiger partial charge is 0.261 e. The number of aromatic nitrogens is 1. The molecular formula is C14H12BrClFN. The van der Waals surface area contributed by atoms with E-state index in [0.29, 0.717) is 10.0 Å². The molecule has 1 aromatic carbocycles. The topological polar surface area (TPSA) is 12.9 Å². The molecule has 1 heterocycles. The zero-order valence-electron chi connectivity index (χ0n) is 9.78. The minimum Gasteiger partial charge on any atom is -0.261 e. The molecule has 2 rings (SSSR count). The van der Waals surface area contributed by atoms with Crippen molar-refractivity contribution in [2.45, 2.75) is 18.2 Å². The Balaban J connectivity index is 2.34. The van der Waals surface area contributed by atoms with Crippen molar-refractivity contribution < 1.29 is 4.39 Å². The van der Waals surface area contributed by atoms with E-state index in [4.69, 9.17) is 11.6 Å². The molecule has 0 N–H and O–H groups in total. The Morgan fingerprint density at radius 2 is 2.00 bits per heavy atom. The smallest absolute Gasteiger partial charge is 0.129 e. The molecule has 18 heavy (non-hydrogen) atoms. The van der Waals surface area contributed by atoms with E-state index >= 15 is 0 Å². The molecule has 1 nitrogen and oxygen atoms in total. The number of hydrogen-bond acceptors (Lipinski definition) is 1. The van der Waals surface area contributed by atoms with Gasteiger partial charge in [-0.3, -0.25) is 4.98 Å². The molecule has 0 aliphatic rings. The maximum Gasteiger partial charge on any atom is 0.129 e. The van der Waals surface area contributed by atoms with Crippen LogP contribution in [0.25, 0.3) is 0 Å². The van der Waals surface area contributed by atoms with Crippen LogP contribution in [0, 0.1) is 5.82 Å². The third-order valence-electron chi connectivity index (χ3n) is 2.87. The molecular weight excluding hydrogens is 317 g/mol. The van der Waals surface area contributed by atoms with Crippen LogP contribution in [0.2, 0.25) is 0 Å². The quantitative estimate of drug-likeness (QED) is 0.717. The molecule has 0 aliphatic heterocycles. The molecule has 0 spiro atoms. The number of nitrogens with zero attached hydrogens (tertiary/aromatic N) is 1. The van der Waals surface area contributed by atoms with E-state index in [1.54, 1.807) is 18.3 Å². The zero-order valence-corrected chi connectivity index (χ0v) is 12.1. The summed E-state index contributed by atoms with van der Waals surface area (Å²) >= 11 is 9.74. The summed E-state index contributed by atoms with van der Waals surface area (Å²) in [7, 11) is 0. The Morgan fingerprint density at radius 3 is 2.61 bits per heavy atom. The van der Waals surface area contributed by atoms with Crippen LogP contribution in [-0.2, 0) is 0 Å². The minimum absolute atomic E-state index is 0.0685. The summed E-state index contributed by atoms with van der Waals surface area (Å²) < 4.78 is 14.5. The van der Waals surface area contributed by atoms with Crippen LogP contribution in [0.1, 0.15) is 29.5 Å². The Kier molecular flexibility index (Phi) is 4.36. The van der Waals surface area contributed by atoms with Crippen LogP contribution in [-0.4, -0.2) is 4.98 Å². The summed E-state index contributed by atoms with van der Waals surface area (Å²) in [5, 5.41) is -0.463. The lowest BCUT2D eigenvalue weighted by atomic mass is 9.96. The van der Waals surface area contributed by atoms with Gasteiger partial charge in [-0.15, -0.1) is 11.6 Å². The van der Waals surface area contributed by atoms with E-state index < -0.39 is 5.38 Å². The molecule has 0 aliphatic carbocycles. The van der Waals surface area contributed by atoms with Crippen LogP contribution in [0.5, 0.6) is 0 Å². The van der Waals surface area contributed by atoms with E-state index in [2.05, 4.69) is 20.9 Å². The first kappa shape index (κ1) is 13.5. The molecule has 2 aromatic rings. The van der Waals surface area contributed by atoms with Crippen molar-refractivity contribution in [3.8, 4) is 0 Å². The van der Waals surface area contributed by atoms with E-state index in [9.17, 15) is 4.39 Å². The molecule has 0 fully saturated rings. The molecule has 94 valence electrons. The van der Waals surface area contributed by atoms with Crippen molar-refractivity contribution in [2.75, 3.05) is 0 Å². The number of rotatable bonds is 3. The summed E-state index contributed by atoms with van der Waals surface area (Å²) in [4.78, 5) is 4.26. The van der Waals surface area contributed by atoms with Crippen LogP contribution >= 0.6 is 27.5 Å². The summed E-state index contributed by atoms with van der Waals surface area (Å²) in [5.41, 5.74) is 1.34. The highest BCUT2D eigenvalue weighted by atomic mass is 79.9. The lowest BCUT2D eigenvalue weighted by Crippen LogP contribution is -2.07. The van der Waals surface area contributed by atoms with Crippen LogP contribution in [0.3, 0.4) is 0 Å². The van der Waals surface area contributed by atoms with Crippen molar-refractivity contribution in [1.82, 2.24) is 4.98 Å². The average molecular weight is 329 g/mol. The van der Waals surface area contributed by atoms with E-state index in [1.165, 1.54) is 6.07 Å². The van der Waals surface area contributed by atoms with Gasteiger partial charge in [-0.2, -0.15) is 0 Å². The van der Waals surface area contributed by atoms with Gasteiger partial charge in [0.15, 0.2) is 0 Å². The fourth-order valence-corrected chi connectivity index (χ4v) is 2.89. The number of benzene rings is 1. The summed E-state index contributed by atoms with van der Waals surface area (Å²) in [6.45, 7) is 1.94. The predicted molar refractivity (Wildman–Crippen MR) is 75.3 cm³/mol. The first-order chi connectivity index (χ1) is 8.61. The standard InChI is InChI=1S/C14H12BrClFN/c1-9(12-7-2-3-8-18-12)14(16)13-10(15)5-4-6-11(13)17/h2-9,14H,1H3. The maximum absolute atomic E-state index is 13.8. The van der Waals surface area contributed by atoms with Gasteiger partial charge >= 0.3 is 0 Å². The second kappa shape index (κ2) is 5.81. The van der Waals surface area contributed by atoms with Crippen molar-refractivity contribution in [3.63, 3.8) is 0 Å². The van der Waals surface area contributed by atoms with Gasteiger partial charge < -0.3 is 0 Å². The molecule has 0 bridgehead atoms. The SMILES string of the molecule is CC(c1ccccn1)C(Cl)c1c(F)cccc1Br. The Labute approximate surface area is 119 Å². The van der Waals surface area contributed by atoms with Gasteiger partial charge in [0.25, 0.3) is 0 Å². The van der Waals surface area contributed by atoms with Gasteiger partial charge in [0.1, 0.15) is 5.82 Å². The monoisotopic (exact) mass is 327 g/mol. The number of pyridine rings is 1. The predicted octanol–water partition coefficient (Wildman–Crippen LogP) is 5.07. The normalized spacial score (nSPS) is 14.2. The van der Waals surface area contributed by atoms with E-state index in [1.807, 2.05) is 25.1 Å². The van der Waals surface area contributed by atoms with Gasteiger partial charge in [0.2, 0.25) is 0 Å². The third kappa shape index (κ3) is 2.73. The molecule has 0 amide bonds. The number of hydrogen-bond donors (Lipinski definition) is 0. The van der Waals surface area contributed by atoms with Gasteiger partial charge in [0.05, 0.1) is 5.38 Å². The highest BCUT2D eigenvalue weighted by molar-refractivity contribution is 9.10. The Bertz CT molecular complexity index is 512. The Hall–Kier alpha value is -0.930. The molecule has 0 radical (unpaired) electrons. The first-order valence-electron chi connectivity index (χ1n) is 5.60. The number of alkyl halides is 1. The summed E-state index contributed by atoms with van der Waals surface area (Å²) in [5.74, 6) is -0.367. The lowest BCUT2D eigenvalue weighted by molar-refractivity contribution is 0.587. The highest BCUT2D eigenvalue weighted by Crippen LogP contribution is 2.39. The molecule has 1 aromatic heterocycles. The second-order valence-corrected chi connectivity index (χ2v) is 5.40. The van der Waals surface area contributed by atoms with Gasteiger partial charge in [-0.05, 0) is 24.3 Å².